The molecule has 0 fully saturated rings. The Morgan fingerprint density at radius 1 is 0.977 bits per heavy atom. The number of rotatable bonds is 8. The molecule has 44 heavy (non-hydrogen) atoms. The Morgan fingerprint density at radius 2 is 1.59 bits per heavy atom. The Labute approximate surface area is 257 Å². The summed E-state index contributed by atoms with van der Waals surface area (Å²) in [5, 5.41) is 18.4. The molecule has 10 heteroatoms. The Bertz CT molecular complexity index is 1510. The zero-order valence-electron chi connectivity index (χ0n) is 25.8. The van der Waals surface area contributed by atoms with Crippen molar-refractivity contribution in [3.8, 4) is 5.75 Å². The highest BCUT2D eigenvalue weighted by atomic mass is 16.6. The summed E-state index contributed by atoms with van der Waals surface area (Å²) in [4.78, 5) is 54.9. The lowest BCUT2D eigenvalue weighted by atomic mass is 9.95. The van der Waals surface area contributed by atoms with Gasteiger partial charge in [0.2, 0.25) is 17.7 Å². The van der Waals surface area contributed by atoms with Gasteiger partial charge >= 0.3 is 6.09 Å². The zero-order chi connectivity index (χ0) is 32.0. The number of alkyl carbamates (subject to hydrolysis) is 1. The molecule has 1 aliphatic rings. The summed E-state index contributed by atoms with van der Waals surface area (Å²) in [6, 6.07) is 17.6. The topological polar surface area (TPSA) is 137 Å². The number of nitrogens with zero attached hydrogens (tertiary/aromatic N) is 1. The maximum Gasteiger partial charge on any atom is 0.408 e. The lowest BCUT2D eigenvalue weighted by Gasteiger charge is -2.27. The van der Waals surface area contributed by atoms with E-state index in [-0.39, 0.29) is 37.6 Å². The maximum atomic E-state index is 13.9. The lowest BCUT2D eigenvalue weighted by Crippen LogP contribution is -2.56. The van der Waals surface area contributed by atoms with E-state index in [1.165, 1.54) is 4.90 Å². The second-order valence-electron chi connectivity index (χ2n) is 12.1. The number of aryl methyl sites for hydroxylation is 2. The van der Waals surface area contributed by atoms with Crippen molar-refractivity contribution in [2.45, 2.75) is 71.7 Å². The van der Waals surface area contributed by atoms with E-state index >= 15 is 0 Å². The zero-order valence-corrected chi connectivity index (χ0v) is 25.8. The molecule has 0 saturated heterocycles. The number of benzene rings is 3. The Morgan fingerprint density at radius 3 is 2.23 bits per heavy atom. The van der Waals surface area contributed by atoms with Crippen molar-refractivity contribution in [2.24, 2.45) is 0 Å². The number of carbonyl (C=O) groups excluding carboxylic acids is 4. The third-order valence-electron chi connectivity index (χ3n) is 7.32. The predicted molar refractivity (Wildman–Crippen MR) is 167 cm³/mol. The second-order valence-corrected chi connectivity index (χ2v) is 12.1. The van der Waals surface area contributed by atoms with Crippen LogP contribution in [-0.4, -0.2) is 58.1 Å². The van der Waals surface area contributed by atoms with Gasteiger partial charge in [-0.15, -0.1) is 0 Å². The number of carbonyl (C=O) groups is 4. The first-order valence-corrected chi connectivity index (χ1v) is 14.6. The van der Waals surface area contributed by atoms with Crippen LogP contribution in [0.5, 0.6) is 5.75 Å². The van der Waals surface area contributed by atoms with Crippen molar-refractivity contribution < 1.29 is 29.0 Å². The van der Waals surface area contributed by atoms with Gasteiger partial charge in [0.15, 0.2) is 0 Å². The molecule has 0 aromatic heterocycles. The molecule has 0 unspecified atom stereocenters. The Hall–Kier alpha value is -4.86. The maximum absolute atomic E-state index is 13.9. The first-order valence-electron chi connectivity index (χ1n) is 14.6. The quantitative estimate of drug-likeness (QED) is 0.307. The summed E-state index contributed by atoms with van der Waals surface area (Å²) in [6.07, 6.45) is -0.457. The summed E-state index contributed by atoms with van der Waals surface area (Å²) in [5.74, 6) is -1.25. The number of amides is 4. The van der Waals surface area contributed by atoms with E-state index in [4.69, 9.17) is 4.74 Å². The number of hydrogen-bond acceptors (Lipinski definition) is 6. The van der Waals surface area contributed by atoms with Crippen molar-refractivity contribution in [3.05, 3.63) is 94.5 Å². The van der Waals surface area contributed by atoms with Gasteiger partial charge in [0.1, 0.15) is 30.0 Å². The average Bonchev–Trinajstić information content (AvgIpc) is 3.05. The van der Waals surface area contributed by atoms with Crippen LogP contribution >= 0.6 is 0 Å². The first kappa shape index (κ1) is 32.1. The average molecular weight is 601 g/mol. The van der Waals surface area contributed by atoms with Crippen molar-refractivity contribution in [2.75, 3.05) is 11.9 Å². The summed E-state index contributed by atoms with van der Waals surface area (Å²) in [6.45, 7) is 8.79. The van der Waals surface area contributed by atoms with Gasteiger partial charge in [0.05, 0.1) is 0 Å². The van der Waals surface area contributed by atoms with Gasteiger partial charge in [0.25, 0.3) is 0 Å². The SMILES string of the molecule is Cc1cc(O)cc(C)c1C[C@H](NC(=O)OC(C)(C)C)C(=O)N[C@H]1Cc2ccccc2CN(CC(=O)Nc2ccccc2)C1=O. The molecule has 10 nitrogen and oxygen atoms in total. The van der Waals surface area contributed by atoms with Crippen LogP contribution in [0.25, 0.3) is 0 Å². The standard InChI is InChI=1S/C34H40N4O6/c1-21-15-26(39)16-22(2)27(21)18-28(37-33(43)44-34(3,4)5)31(41)36-29-17-23-11-9-10-12-24(23)19-38(32(29)42)20-30(40)35-25-13-7-6-8-14-25/h6-16,28-29,39H,17-20H2,1-5H3,(H,35,40)(H,36,41)(H,37,43)/t28-,29-/m0/s1. The molecule has 3 aromatic rings. The van der Waals surface area contributed by atoms with Crippen molar-refractivity contribution in [1.82, 2.24) is 15.5 Å². The van der Waals surface area contributed by atoms with Crippen LogP contribution in [0.4, 0.5) is 10.5 Å². The molecule has 4 amide bonds. The third kappa shape index (κ3) is 8.59. The van der Waals surface area contributed by atoms with E-state index in [1.807, 2.05) is 44.2 Å². The molecule has 4 N–H and O–H groups in total. The highest BCUT2D eigenvalue weighted by Crippen LogP contribution is 2.24. The normalized spacial score (nSPS) is 15.4. The number of anilines is 1. The molecule has 1 heterocycles. The van der Waals surface area contributed by atoms with Gasteiger partial charge in [-0.1, -0.05) is 42.5 Å². The van der Waals surface area contributed by atoms with Crippen LogP contribution in [0.1, 0.15) is 48.6 Å². The van der Waals surface area contributed by atoms with Gasteiger partial charge in [-0.3, -0.25) is 14.4 Å². The van der Waals surface area contributed by atoms with Gasteiger partial charge in [-0.25, -0.2) is 4.79 Å². The monoisotopic (exact) mass is 600 g/mol. The minimum atomic E-state index is -1.09. The summed E-state index contributed by atoms with van der Waals surface area (Å²) < 4.78 is 5.43. The second kappa shape index (κ2) is 13.6. The third-order valence-corrected chi connectivity index (χ3v) is 7.32. The summed E-state index contributed by atoms with van der Waals surface area (Å²) >= 11 is 0. The molecular formula is C34H40N4O6. The number of ether oxygens (including phenoxy) is 1. The molecule has 4 rings (SSSR count). The lowest BCUT2D eigenvalue weighted by molar-refractivity contribution is -0.139. The van der Waals surface area contributed by atoms with Crippen LogP contribution in [0.3, 0.4) is 0 Å². The first-order chi connectivity index (χ1) is 20.8. The number of para-hydroxylation sites is 1. The van der Waals surface area contributed by atoms with E-state index in [2.05, 4.69) is 16.0 Å². The van der Waals surface area contributed by atoms with Gasteiger partial charge in [0, 0.05) is 25.1 Å². The van der Waals surface area contributed by atoms with E-state index in [0.29, 0.717) is 5.69 Å². The van der Waals surface area contributed by atoms with Crippen LogP contribution in [0.2, 0.25) is 0 Å². The fourth-order valence-corrected chi connectivity index (χ4v) is 5.29. The van der Waals surface area contributed by atoms with Crippen molar-refractivity contribution >= 4 is 29.5 Å². The highest BCUT2D eigenvalue weighted by molar-refractivity contribution is 5.97. The molecular weight excluding hydrogens is 560 g/mol. The van der Waals surface area contributed by atoms with Crippen molar-refractivity contribution in [3.63, 3.8) is 0 Å². The van der Waals surface area contributed by atoms with E-state index < -0.39 is 35.6 Å². The van der Waals surface area contributed by atoms with E-state index in [9.17, 15) is 24.3 Å². The molecule has 3 aromatic carbocycles. The molecule has 0 radical (unpaired) electrons. The molecule has 0 saturated carbocycles. The van der Waals surface area contributed by atoms with Crippen LogP contribution < -0.4 is 16.0 Å². The smallest absolute Gasteiger partial charge is 0.408 e. The Kier molecular flexibility index (Phi) is 9.93. The molecule has 0 spiro atoms. The predicted octanol–water partition coefficient (Wildman–Crippen LogP) is 4.15. The van der Waals surface area contributed by atoms with Crippen LogP contribution in [0.15, 0.2) is 66.7 Å². The molecule has 0 bridgehead atoms. The fraction of sp³-hybridized carbons (Fsp3) is 0.353. The summed E-state index contributed by atoms with van der Waals surface area (Å²) in [7, 11) is 0. The van der Waals surface area contributed by atoms with Crippen LogP contribution in [-0.2, 0) is 38.5 Å². The fourth-order valence-electron chi connectivity index (χ4n) is 5.29. The number of phenols is 1. The molecule has 2 atom stereocenters. The highest BCUT2D eigenvalue weighted by Gasteiger charge is 2.34. The number of phenolic OH excluding ortho intramolecular Hbond substituents is 1. The molecule has 1 aliphatic heterocycles. The minimum absolute atomic E-state index is 0.101. The number of hydrogen-bond donors (Lipinski definition) is 4. The Balaban J connectivity index is 1.59. The molecule has 232 valence electrons. The van der Waals surface area contributed by atoms with Gasteiger partial charge < -0.3 is 30.7 Å². The van der Waals surface area contributed by atoms with Gasteiger partial charge in [-0.05, 0) is 86.7 Å². The number of fused-ring (bicyclic) bond motifs is 1. The van der Waals surface area contributed by atoms with Gasteiger partial charge in [-0.2, -0.15) is 0 Å². The van der Waals surface area contributed by atoms with Crippen LogP contribution in [0, 0.1) is 13.8 Å². The molecule has 0 aliphatic carbocycles. The summed E-state index contributed by atoms with van der Waals surface area (Å²) in [5.41, 5.74) is 3.85. The number of aromatic hydroxyl groups is 1. The van der Waals surface area contributed by atoms with E-state index in [0.717, 1.165) is 27.8 Å². The number of nitrogens with one attached hydrogen (secondary N) is 3. The van der Waals surface area contributed by atoms with E-state index in [1.54, 1.807) is 57.2 Å². The minimum Gasteiger partial charge on any atom is -0.508 e. The van der Waals surface area contributed by atoms with Crippen molar-refractivity contribution in [1.29, 1.82) is 0 Å². The largest absolute Gasteiger partial charge is 0.508 e.